The molecule has 58 heavy (non-hydrogen) atoms. The molecule has 0 spiro atoms. The van der Waals surface area contributed by atoms with Crippen LogP contribution in [0.5, 0.6) is 0 Å². The van der Waals surface area contributed by atoms with Crippen molar-refractivity contribution in [3.63, 3.8) is 0 Å². The molecule has 0 saturated carbocycles. The van der Waals surface area contributed by atoms with E-state index >= 15 is 0 Å². The zero-order valence-electron chi connectivity index (χ0n) is 31.4. The van der Waals surface area contributed by atoms with E-state index in [-0.39, 0.29) is 0 Å². The third-order valence-corrected chi connectivity index (χ3v) is 11.0. The molecule has 6 heteroatoms. The smallest absolute Gasteiger partial charge is 0.172 e. The molecule has 3 aliphatic heterocycles. The predicted molar refractivity (Wildman–Crippen MR) is 233 cm³/mol. The number of rotatable bonds is 4. The van der Waals surface area contributed by atoms with Crippen LogP contribution >= 0.6 is 0 Å². The van der Waals surface area contributed by atoms with Gasteiger partial charge in [0.25, 0.3) is 0 Å². The number of hydrogen-bond donors (Lipinski definition) is 5. The summed E-state index contributed by atoms with van der Waals surface area (Å²) in [6, 6.07) is 59.5. The van der Waals surface area contributed by atoms with E-state index in [9.17, 15) is 0 Å². The summed E-state index contributed by atoms with van der Waals surface area (Å²) in [6.45, 7) is 0. The molecule has 7 heterocycles. The van der Waals surface area contributed by atoms with Crippen molar-refractivity contribution in [2.75, 3.05) is 0 Å². The van der Waals surface area contributed by atoms with Crippen LogP contribution in [-0.2, 0) is 0 Å². The lowest BCUT2D eigenvalue weighted by molar-refractivity contribution is 1.08. The molecule has 0 amide bonds. The summed E-state index contributed by atoms with van der Waals surface area (Å²) in [4.78, 5) is 20.5. The lowest BCUT2D eigenvalue weighted by atomic mass is 9.98. The van der Waals surface area contributed by atoms with E-state index in [0.717, 1.165) is 111 Å². The Labute approximate surface area is 334 Å². The van der Waals surface area contributed by atoms with Crippen LogP contribution in [0.2, 0.25) is 0 Å². The molecular weight excluding hydrogens is 709 g/mol. The fourth-order valence-corrected chi connectivity index (χ4v) is 8.34. The topological polar surface area (TPSA) is 87.5 Å². The number of nitrogens with one attached hydrogen (secondary N) is 5. The van der Waals surface area contributed by atoms with E-state index < -0.39 is 0 Å². The number of hydrogen-bond acceptors (Lipinski definition) is 2. The van der Waals surface area contributed by atoms with Gasteiger partial charge < -0.3 is 19.9 Å². The molecule has 3 aliphatic rings. The Balaban J connectivity index is 1.23. The highest BCUT2D eigenvalue weighted by molar-refractivity contribution is 6.33. The highest BCUT2D eigenvalue weighted by Crippen LogP contribution is 2.32. The Hall–Kier alpha value is -7.96. The second-order valence-electron chi connectivity index (χ2n) is 14.6. The molecule has 11 rings (SSSR count). The van der Waals surface area contributed by atoms with Crippen LogP contribution < -0.4 is 26.7 Å². The molecule has 0 fully saturated rings. The lowest BCUT2D eigenvalue weighted by Crippen LogP contribution is -2.18. The third kappa shape index (κ3) is 5.92. The van der Waals surface area contributed by atoms with Crippen molar-refractivity contribution in [1.29, 1.82) is 0 Å². The maximum absolute atomic E-state index is 5.29. The molecule has 0 unspecified atom stereocenters. The lowest BCUT2D eigenvalue weighted by Gasteiger charge is -2.08. The van der Waals surface area contributed by atoms with Crippen LogP contribution in [0.1, 0.15) is 33.6 Å². The zero-order valence-corrected chi connectivity index (χ0v) is 31.4. The quantitative estimate of drug-likeness (QED) is 0.121. The van der Waals surface area contributed by atoms with Gasteiger partial charge in [-0.1, -0.05) is 109 Å². The van der Waals surface area contributed by atoms with Gasteiger partial charge >= 0.3 is 0 Å². The fourth-order valence-electron chi connectivity index (χ4n) is 8.34. The van der Waals surface area contributed by atoms with Gasteiger partial charge in [-0.3, -0.25) is 5.32 Å². The summed E-state index contributed by atoms with van der Waals surface area (Å²) in [7, 11) is 0. The van der Waals surface area contributed by atoms with Gasteiger partial charge in [0.1, 0.15) is 17.0 Å². The molecule has 12 bridgehead atoms. The Morgan fingerprint density at radius 3 is 1.33 bits per heavy atom. The minimum atomic E-state index is 0.876. The molecule has 0 aliphatic carbocycles. The van der Waals surface area contributed by atoms with Crippen LogP contribution in [0.4, 0.5) is 0 Å². The van der Waals surface area contributed by atoms with Gasteiger partial charge in [-0.15, -0.1) is 0 Å². The second kappa shape index (κ2) is 14.0. The third-order valence-electron chi connectivity index (χ3n) is 11.0. The first-order valence-electron chi connectivity index (χ1n) is 19.6. The molecule has 5 N–H and O–H groups in total. The van der Waals surface area contributed by atoms with Crippen molar-refractivity contribution >= 4 is 33.7 Å². The first kappa shape index (κ1) is 33.4. The van der Waals surface area contributed by atoms with Crippen LogP contribution in [0.3, 0.4) is 0 Å². The van der Waals surface area contributed by atoms with Gasteiger partial charge in [-0.05, 0) is 89.5 Å². The number of H-pyrrole nitrogens is 4. The van der Waals surface area contributed by atoms with Crippen molar-refractivity contribution in [2.45, 2.75) is 0 Å². The zero-order chi connectivity index (χ0) is 38.4. The molecule has 4 aromatic heterocycles. The van der Waals surface area contributed by atoms with Gasteiger partial charge in [-0.2, -0.15) is 0 Å². The van der Waals surface area contributed by atoms with Crippen LogP contribution in [0, 0.1) is 17.1 Å². The summed E-state index contributed by atoms with van der Waals surface area (Å²) in [5.74, 6) is 0. The van der Waals surface area contributed by atoms with Crippen molar-refractivity contribution in [2.24, 2.45) is 4.99 Å². The molecule has 0 atom stereocenters. The number of nitrogens with zero attached hydrogens (tertiary/aromatic N) is 1. The van der Waals surface area contributed by atoms with E-state index in [2.05, 4.69) is 220 Å². The molecule has 0 saturated heterocycles. The Bertz CT molecular complexity index is 3350. The number of fused-ring (bicyclic) bond motifs is 11. The Morgan fingerprint density at radius 2 is 0.793 bits per heavy atom. The molecule has 8 aromatic rings. The van der Waals surface area contributed by atoms with Gasteiger partial charge in [0.15, 0.2) is 5.70 Å². The second-order valence-corrected chi connectivity index (χ2v) is 14.6. The van der Waals surface area contributed by atoms with Crippen molar-refractivity contribution < 1.29 is 0 Å². The Kier molecular flexibility index (Phi) is 8.04. The summed E-state index contributed by atoms with van der Waals surface area (Å²) >= 11 is 0. The number of allylic oxidation sites excluding steroid dienone is 4. The van der Waals surface area contributed by atoms with E-state index in [1.807, 2.05) is 0 Å². The van der Waals surface area contributed by atoms with Crippen LogP contribution in [0.25, 0.3) is 28.0 Å². The number of aliphatic imine (C=N–C) groups is 1. The molecule has 274 valence electrons. The maximum atomic E-state index is 5.29. The molecule has 6 nitrogen and oxygen atoms in total. The first-order valence-corrected chi connectivity index (χ1v) is 19.6. The highest BCUT2D eigenvalue weighted by atomic mass is 14.9. The molecular formula is C52H37N6+. The number of aromatic amines is 4. The summed E-state index contributed by atoms with van der Waals surface area (Å²) in [5.41, 5.74) is 14.5. The minimum Gasteiger partial charge on any atom is -0.354 e. The van der Waals surface area contributed by atoms with Crippen molar-refractivity contribution in [3.8, 4) is 0 Å². The number of aromatic nitrogens is 4. The van der Waals surface area contributed by atoms with E-state index in [4.69, 9.17) is 4.99 Å². The molecule has 4 aromatic carbocycles. The molecule has 0 radical (unpaired) electrons. The van der Waals surface area contributed by atoms with E-state index in [1.165, 1.54) is 0 Å². The van der Waals surface area contributed by atoms with Gasteiger partial charge in [-0.25, -0.2) is 4.99 Å². The number of benzene rings is 4. The van der Waals surface area contributed by atoms with Crippen LogP contribution in [-0.4, -0.2) is 25.6 Å². The largest absolute Gasteiger partial charge is 0.354 e. The standard InChI is InChI=1S/C52H37N6/c1-5-13-33(14-6-1)49-41-25-21-37(53-41)38-22-26-43(54-38)51(35-17-9-3-10-18-35)47-31-32-48(58-47)52(36-19-11-4-12-20-36)44-28-24-40(56-44)39-23-27-42(55-39)50(34-15-7-2-8-16-34)46-30-29-45(49)57-46/h1-32,53-55,57-58H/q+1. The van der Waals surface area contributed by atoms with Crippen molar-refractivity contribution in [3.05, 3.63) is 272 Å². The SMILES string of the molecule is C1=CC2=c3ccc([nH]3)=C(c3ccccc3)c3ccc([nH]3)C(c3ccccc3)=c3ccc([nH]3)=c3ccc([nH]3)=C(c3ccccc3)C3=C[CH+]C(=C(c4ccccc4)C1=N2)N3. The minimum absolute atomic E-state index is 0.876. The Morgan fingerprint density at radius 1 is 0.362 bits per heavy atom. The summed E-state index contributed by atoms with van der Waals surface area (Å²) < 4.78 is 0. The average molecular weight is 746 g/mol. The first-order chi connectivity index (χ1) is 28.7. The highest BCUT2D eigenvalue weighted by Gasteiger charge is 2.30. The summed E-state index contributed by atoms with van der Waals surface area (Å²) in [6.07, 6.45) is 8.58. The van der Waals surface area contributed by atoms with E-state index in [1.54, 1.807) is 0 Å². The predicted octanol–water partition coefficient (Wildman–Crippen LogP) is 7.21. The van der Waals surface area contributed by atoms with Gasteiger partial charge in [0.2, 0.25) is 0 Å². The monoisotopic (exact) mass is 745 g/mol. The normalized spacial score (nSPS) is 14.8. The summed E-state index contributed by atoms with van der Waals surface area (Å²) in [5, 5.41) is 9.79. The maximum Gasteiger partial charge on any atom is 0.172 e. The fraction of sp³-hybridized carbons (Fsp3) is 0. The van der Waals surface area contributed by atoms with Gasteiger partial charge in [0, 0.05) is 38.8 Å². The van der Waals surface area contributed by atoms with E-state index in [0.29, 0.717) is 0 Å². The average Bonchev–Trinajstić information content (AvgIpc) is 4.13. The van der Waals surface area contributed by atoms with Crippen LogP contribution in [0.15, 0.2) is 204 Å². The van der Waals surface area contributed by atoms with Crippen molar-refractivity contribution in [1.82, 2.24) is 25.3 Å². The van der Waals surface area contributed by atoms with Gasteiger partial charge in [0.05, 0.1) is 45.2 Å².